The van der Waals surface area contributed by atoms with Crippen LogP contribution in [0, 0.1) is 11.3 Å². The second kappa shape index (κ2) is 6.42. The Morgan fingerprint density at radius 2 is 2.21 bits per heavy atom. The third-order valence-corrected chi connectivity index (χ3v) is 4.64. The summed E-state index contributed by atoms with van der Waals surface area (Å²) in [5, 5.41) is 29.3. The number of rotatable bonds is 3. The number of halogens is 1. The van der Waals surface area contributed by atoms with Crippen LogP contribution in [0.5, 0.6) is 0 Å². The van der Waals surface area contributed by atoms with Crippen LogP contribution in [-0.4, -0.2) is 33.2 Å². The molecule has 24 heavy (non-hydrogen) atoms. The summed E-state index contributed by atoms with van der Waals surface area (Å²) in [6.07, 6.45) is 3.23. The van der Waals surface area contributed by atoms with Crippen molar-refractivity contribution >= 4 is 17.3 Å². The average Bonchev–Trinajstić information content (AvgIpc) is 3.06. The van der Waals surface area contributed by atoms with Crippen molar-refractivity contribution in [2.24, 2.45) is 0 Å². The number of aliphatic hydroxyl groups is 1. The minimum absolute atomic E-state index is 0.191. The van der Waals surface area contributed by atoms with E-state index in [1.54, 1.807) is 23.0 Å². The van der Waals surface area contributed by atoms with Gasteiger partial charge in [0.25, 0.3) is 0 Å². The van der Waals surface area contributed by atoms with Crippen molar-refractivity contribution in [1.82, 2.24) is 15.0 Å². The number of benzene rings is 1. The molecule has 0 amide bonds. The van der Waals surface area contributed by atoms with Crippen LogP contribution in [0.1, 0.15) is 44.0 Å². The molecule has 1 atom stereocenters. The Balaban J connectivity index is 1.90. The number of anilines is 1. The van der Waals surface area contributed by atoms with Gasteiger partial charge in [0.1, 0.15) is 17.4 Å². The summed E-state index contributed by atoms with van der Waals surface area (Å²) >= 11 is 5.98. The lowest BCUT2D eigenvalue weighted by Gasteiger charge is -2.39. The molecule has 1 aliphatic heterocycles. The Bertz CT molecular complexity index is 782. The van der Waals surface area contributed by atoms with E-state index in [0.717, 1.165) is 18.7 Å². The molecular formula is C17H20ClN5O. The Hall–Kier alpha value is -2.10. The number of hydrogen-bond acceptors (Lipinski definition) is 5. The lowest BCUT2D eigenvalue weighted by atomic mass is 9.89. The molecule has 1 aromatic heterocycles. The molecule has 0 spiro atoms. The number of β-amino-alcohol motifs (C(OH)–C–C–N with tert-alkyl or cyclic N) is 1. The number of hydrogen-bond donors (Lipinski definition) is 1. The van der Waals surface area contributed by atoms with Crippen LogP contribution >= 0.6 is 11.6 Å². The normalized spacial score (nSPS) is 21.1. The minimum atomic E-state index is -1.07. The molecule has 126 valence electrons. The average molecular weight is 346 g/mol. The zero-order valence-corrected chi connectivity index (χ0v) is 14.5. The number of nitriles is 1. The maximum absolute atomic E-state index is 11.1. The molecule has 3 rings (SSSR count). The van der Waals surface area contributed by atoms with E-state index < -0.39 is 5.60 Å². The molecule has 1 fully saturated rings. The standard InChI is InChI=1S/C17H20ClN5O/c1-12(2)23-10-16(20-21-23)17(24)6-3-7-22(11-17)15-5-4-14(18)8-13(15)9-19/h4-5,8,10,12,24H,3,6-7,11H2,1-2H3. The van der Waals surface area contributed by atoms with Gasteiger partial charge in [-0.2, -0.15) is 5.26 Å². The Kier molecular flexibility index (Phi) is 4.48. The lowest BCUT2D eigenvalue weighted by molar-refractivity contribution is 0.0176. The molecule has 1 aromatic carbocycles. The van der Waals surface area contributed by atoms with E-state index in [1.165, 1.54) is 0 Å². The van der Waals surface area contributed by atoms with Gasteiger partial charge in [-0.05, 0) is 44.9 Å². The molecule has 1 saturated heterocycles. The maximum atomic E-state index is 11.1. The number of nitrogens with zero attached hydrogens (tertiary/aromatic N) is 5. The lowest BCUT2D eigenvalue weighted by Crippen LogP contribution is -2.46. The molecule has 7 heteroatoms. The largest absolute Gasteiger partial charge is 0.382 e. The van der Waals surface area contributed by atoms with Crippen LogP contribution in [0.3, 0.4) is 0 Å². The van der Waals surface area contributed by atoms with Gasteiger partial charge < -0.3 is 10.0 Å². The van der Waals surface area contributed by atoms with E-state index in [9.17, 15) is 10.4 Å². The van der Waals surface area contributed by atoms with Gasteiger partial charge in [0.2, 0.25) is 0 Å². The zero-order valence-electron chi connectivity index (χ0n) is 13.8. The first-order valence-electron chi connectivity index (χ1n) is 8.02. The second-order valence-corrected chi connectivity index (χ2v) is 6.94. The predicted molar refractivity (Wildman–Crippen MR) is 91.9 cm³/mol. The number of aromatic nitrogens is 3. The minimum Gasteiger partial charge on any atom is -0.382 e. The summed E-state index contributed by atoms with van der Waals surface area (Å²) in [6, 6.07) is 7.62. The fraction of sp³-hybridized carbons (Fsp3) is 0.471. The van der Waals surface area contributed by atoms with E-state index in [4.69, 9.17) is 11.6 Å². The van der Waals surface area contributed by atoms with E-state index in [2.05, 4.69) is 16.4 Å². The fourth-order valence-corrected chi connectivity index (χ4v) is 3.24. The monoisotopic (exact) mass is 345 g/mol. The fourth-order valence-electron chi connectivity index (χ4n) is 3.07. The summed E-state index contributed by atoms with van der Waals surface area (Å²) in [4.78, 5) is 2.02. The molecule has 2 heterocycles. The van der Waals surface area contributed by atoms with Crippen LogP contribution in [0.2, 0.25) is 5.02 Å². The van der Waals surface area contributed by atoms with Crippen LogP contribution in [0.25, 0.3) is 0 Å². The zero-order chi connectivity index (χ0) is 17.3. The highest BCUT2D eigenvalue weighted by Crippen LogP contribution is 2.34. The van der Waals surface area contributed by atoms with Gasteiger partial charge in [0, 0.05) is 17.6 Å². The molecule has 0 aliphatic carbocycles. The van der Waals surface area contributed by atoms with Gasteiger partial charge in [-0.1, -0.05) is 16.8 Å². The molecule has 6 nitrogen and oxygen atoms in total. The number of piperidine rings is 1. The Labute approximate surface area is 146 Å². The van der Waals surface area contributed by atoms with Gasteiger partial charge in [0.05, 0.1) is 24.0 Å². The molecule has 0 radical (unpaired) electrons. The summed E-state index contributed by atoms with van der Waals surface area (Å²) in [6.45, 7) is 5.18. The molecule has 0 saturated carbocycles. The smallest absolute Gasteiger partial charge is 0.127 e. The third kappa shape index (κ3) is 3.10. The molecule has 1 N–H and O–H groups in total. The van der Waals surface area contributed by atoms with Gasteiger partial charge >= 0.3 is 0 Å². The Morgan fingerprint density at radius 1 is 1.42 bits per heavy atom. The summed E-state index contributed by atoms with van der Waals surface area (Å²) in [5.74, 6) is 0. The second-order valence-electron chi connectivity index (χ2n) is 6.51. The van der Waals surface area contributed by atoms with Crippen molar-refractivity contribution in [2.45, 2.75) is 38.3 Å². The van der Waals surface area contributed by atoms with Gasteiger partial charge in [-0.25, -0.2) is 4.68 Å². The first-order valence-corrected chi connectivity index (χ1v) is 8.40. The molecule has 1 unspecified atom stereocenters. The predicted octanol–water partition coefficient (Wildman–Crippen LogP) is 2.87. The molecule has 0 bridgehead atoms. The van der Waals surface area contributed by atoms with Crippen molar-refractivity contribution in [2.75, 3.05) is 18.0 Å². The van der Waals surface area contributed by atoms with E-state index in [-0.39, 0.29) is 6.04 Å². The van der Waals surface area contributed by atoms with Crippen molar-refractivity contribution in [3.8, 4) is 6.07 Å². The SMILES string of the molecule is CC(C)n1cc(C2(O)CCCN(c3ccc(Cl)cc3C#N)C2)nn1. The van der Waals surface area contributed by atoms with Crippen LogP contribution < -0.4 is 4.90 Å². The summed E-state index contributed by atoms with van der Waals surface area (Å²) < 4.78 is 1.75. The van der Waals surface area contributed by atoms with Crippen LogP contribution in [0.15, 0.2) is 24.4 Å². The Morgan fingerprint density at radius 3 is 2.88 bits per heavy atom. The molecule has 2 aromatic rings. The van der Waals surface area contributed by atoms with Gasteiger partial charge in [-0.15, -0.1) is 5.10 Å². The third-order valence-electron chi connectivity index (χ3n) is 4.41. The topological polar surface area (TPSA) is 78.0 Å². The molecule has 1 aliphatic rings. The highest BCUT2D eigenvalue weighted by atomic mass is 35.5. The van der Waals surface area contributed by atoms with Crippen molar-refractivity contribution in [3.05, 3.63) is 40.7 Å². The van der Waals surface area contributed by atoms with Crippen LogP contribution in [0.4, 0.5) is 5.69 Å². The van der Waals surface area contributed by atoms with E-state index in [1.807, 2.05) is 24.8 Å². The highest BCUT2D eigenvalue weighted by molar-refractivity contribution is 6.30. The van der Waals surface area contributed by atoms with Crippen molar-refractivity contribution < 1.29 is 5.11 Å². The van der Waals surface area contributed by atoms with Crippen molar-refractivity contribution in [3.63, 3.8) is 0 Å². The maximum Gasteiger partial charge on any atom is 0.127 e. The first-order chi connectivity index (χ1) is 11.4. The van der Waals surface area contributed by atoms with Crippen LogP contribution in [-0.2, 0) is 5.60 Å². The summed E-state index contributed by atoms with van der Waals surface area (Å²) in [7, 11) is 0. The van der Waals surface area contributed by atoms with Gasteiger partial charge in [0.15, 0.2) is 0 Å². The van der Waals surface area contributed by atoms with E-state index >= 15 is 0 Å². The highest BCUT2D eigenvalue weighted by Gasteiger charge is 2.38. The first kappa shape index (κ1) is 16.7. The van der Waals surface area contributed by atoms with Gasteiger partial charge in [-0.3, -0.25) is 0 Å². The van der Waals surface area contributed by atoms with E-state index in [0.29, 0.717) is 29.2 Å². The quantitative estimate of drug-likeness (QED) is 0.925. The van der Waals surface area contributed by atoms with Crippen molar-refractivity contribution in [1.29, 1.82) is 5.26 Å². The molecular weight excluding hydrogens is 326 g/mol. The summed E-state index contributed by atoms with van der Waals surface area (Å²) in [5.41, 5.74) is 0.805.